The molecule has 0 radical (unpaired) electrons. The molecule has 0 aromatic heterocycles. The predicted octanol–water partition coefficient (Wildman–Crippen LogP) is 6.72. The molecule has 1 aliphatic carbocycles. The summed E-state index contributed by atoms with van der Waals surface area (Å²) >= 11 is 11.7. The van der Waals surface area contributed by atoms with Gasteiger partial charge in [0.1, 0.15) is 0 Å². The molecule has 1 amide bonds. The van der Waals surface area contributed by atoms with Crippen LogP contribution in [-0.2, 0) is 9.59 Å². The highest BCUT2D eigenvalue weighted by Gasteiger charge is 2.39. The van der Waals surface area contributed by atoms with Crippen LogP contribution in [0.2, 0.25) is 10.0 Å². The summed E-state index contributed by atoms with van der Waals surface area (Å²) in [7, 11) is 0. The number of hydrogen-bond donors (Lipinski definition) is 1. The smallest absolute Gasteiger partial charge is 0.349 e. The summed E-state index contributed by atoms with van der Waals surface area (Å²) in [5.41, 5.74) is 1.37. The number of Topliss-reactive ketones (excluding diaryl/α,β-unsaturated/α-hetero) is 2. The Kier molecular flexibility index (Phi) is 8.78. The molecule has 1 atom stereocenters. The van der Waals surface area contributed by atoms with Crippen LogP contribution in [-0.4, -0.2) is 30.2 Å². The van der Waals surface area contributed by atoms with Gasteiger partial charge in [0.05, 0.1) is 12.5 Å². The first-order chi connectivity index (χ1) is 16.4. The fourth-order valence-corrected chi connectivity index (χ4v) is 4.20. The number of carbonyl (C=O) groups excluding carboxylic acids is 3. The van der Waals surface area contributed by atoms with Gasteiger partial charge in [-0.2, -0.15) is 13.2 Å². The maximum Gasteiger partial charge on any atom is 0.399 e. The molecule has 2 aromatic rings. The lowest BCUT2D eigenvalue weighted by Gasteiger charge is -2.18. The Balaban J connectivity index is 1.64. The number of amides is 1. The van der Waals surface area contributed by atoms with Crippen LogP contribution >= 0.6 is 23.2 Å². The Hall–Kier alpha value is -2.64. The summed E-state index contributed by atoms with van der Waals surface area (Å²) in [6, 6.07) is 8.49. The van der Waals surface area contributed by atoms with Crippen LogP contribution in [0.4, 0.5) is 13.2 Å². The number of ketones is 2. The van der Waals surface area contributed by atoms with Gasteiger partial charge in [-0.05, 0) is 54.7 Å². The van der Waals surface area contributed by atoms with Gasteiger partial charge in [-0.3, -0.25) is 14.4 Å². The van der Waals surface area contributed by atoms with Crippen LogP contribution < -0.4 is 5.32 Å². The first kappa shape index (κ1) is 27.0. The summed E-state index contributed by atoms with van der Waals surface area (Å²) in [5, 5.41) is 2.75. The number of hydrogen-bond acceptors (Lipinski definition) is 3. The normalized spacial score (nSPS) is 14.7. The van der Waals surface area contributed by atoms with E-state index in [2.05, 4.69) is 5.32 Å². The van der Waals surface area contributed by atoms with Gasteiger partial charge in [0, 0.05) is 34.4 Å². The van der Waals surface area contributed by atoms with Gasteiger partial charge in [-0.25, -0.2) is 0 Å². The molecule has 4 nitrogen and oxygen atoms in total. The van der Waals surface area contributed by atoms with Crippen molar-refractivity contribution in [1.29, 1.82) is 0 Å². The highest BCUT2D eigenvalue weighted by Crippen LogP contribution is 2.38. The van der Waals surface area contributed by atoms with Gasteiger partial charge in [0.2, 0.25) is 5.91 Å². The Morgan fingerprint density at radius 2 is 1.71 bits per heavy atom. The summed E-state index contributed by atoms with van der Waals surface area (Å²) in [4.78, 5) is 36.1. The zero-order chi connectivity index (χ0) is 25.8. The molecular weight excluding hydrogens is 502 g/mol. The molecule has 1 fully saturated rings. The van der Waals surface area contributed by atoms with E-state index in [4.69, 9.17) is 23.2 Å². The lowest BCUT2D eigenvalue weighted by atomic mass is 9.95. The molecule has 9 heteroatoms. The summed E-state index contributed by atoms with van der Waals surface area (Å²) in [5.74, 6) is -2.48. The van der Waals surface area contributed by atoms with Crippen molar-refractivity contribution in [2.24, 2.45) is 5.92 Å². The average molecular weight is 526 g/mol. The number of aryl methyl sites for hydroxylation is 1. The minimum absolute atomic E-state index is 0.00962. The molecule has 1 saturated carbocycles. The Labute approximate surface area is 211 Å². The maximum absolute atomic E-state index is 13.7. The van der Waals surface area contributed by atoms with Gasteiger partial charge >= 0.3 is 6.18 Å². The Morgan fingerprint density at radius 3 is 2.29 bits per heavy atom. The maximum atomic E-state index is 13.7. The third kappa shape index (κ3) is 7.94. The number of allylic oxidation sites excluding steroid dienone is 1. The van der Waals surface area contributed by atoms with E-state index < -0.39 is 12.1 Å². The van der Waals surface area contributed by atoms with Crippen LogP contribution in [0.3, 0.4) is 0 Å². The fourth-order valence-electron chi connectivity index (χ4n) is 3.66. The quantitative estimate of drug-likeness (QED) is 0.350. The van der Waals surface area contributed by atoms with Crippen molar-refractivity contribution in [3.8, 4) is 0 Å². The molecule has 0 spiro atoms. The third-order valence-electron chi connectivity index (χ3n) is 5.70. The van der Waals surface area contributed by atoms with Crippen molar-refractivity contribution in [1.82, 2.24) is 5.32 Å². The van der Waals surface area contributed by atoms with Crippen molar-refractivity contribution >= 4 is 46.8 Å². The summed E-state index contributed by atoms with van der Waals surface area (Å²) < 4.78 is 41.0. The van der Waals surface area contributed by atoms with Gasteiger partial charge in [0.15, 0.2) is 11.6 Å². The molecule has 1 aliphatic rings. The first-order valence-corrected chi connectivity index (χ1v) is 11.8. The van der Waals surface area contributed by atoms with Crippen molar-refractivity contribution in [3.63, 3.8) is 0 Å². The molecule has 186 valence electrons. The van der Waals surface area contributed by atoms with E-state index in [9.17, 15) is 27.6 Å². The largest absolute Gasteiger partial charge is 0.399 e. The van der Waals surface area contributed by atoms with Crippen molar-refractivity contribution in [2.45, 2.75) is 44.7 Å². The topological polar surface area (TPSA) is 63.2 Å². The molecule has 2 aromatic carbocycles. The monoisotopic (exact) mass is 525 g/mol. The van der Waals surface area contributed by atoms with Gasteiger partial charge < -0.3 is 5.32 Å². The highest BCUT2D eigenvalue weighted by atomic mass is 35.5. The molecule has 0 saturated heterocycles. The molecule has 0 bridgehead atoms. The second-order valence-corrected chi connectivity index (χ2v) is 9.47. The van der Waals surface area contributed by atoms with Gasteiger partial charge in [0.25, 0.3) is 0 Å². The van der Waals surface area contributed by atoms with E-state index in [0.717, 1.165) is 18.9 Å². The second kappa shape index (κ2) is 11.4. The van der Waals surface area contributed by atoms with Crippen LogP contribution in [0.1, 0.15) is 58.6 Å². The zero-order valence-electron chi connectivity index (χ0n) is 18.9. The van der Waals surface area contributed by atoms with Crippen LogP contribution in [0.25, 0.3) is 6.08 Å². The first-order valence-electron chi connectivity index (χ1n) is 11.1. The van der Waals surface area contributed by atoms with Crippen molar-refractivity contribution < 1.29 is 27.6 Å². The fraction of sp³-hybridized carbons (Fsp3) is 0.346. The standard InChI is InChI=1S/C26H24Cl2F3NO3/c1-15-10-16(3-7-22(26(29,30)31)18-11-19(27)13-20(28)12-18)2-6-21(15)23(33)8-9-25(35)32-14-24(34)17-4-5-17/h2-3,6-7,10-13,17,22H,4-5,8-9,14H2,1H3,(H,32,35)/b7-3+. The summed E-state index contributed by atoms with van der Waals surface area (Å²) in [6.07, 6.45) is -0.561. The number of rotatable bonds is 10. The van der Waals surface area contributed by atoms with Gasteiger partial charge in [-0.1, -0.05) is 53.6 Å². The third-order valence-corrected chi connectivity index (χ3v) is 6.14. The second-order valence-electron chi connectivity index (χ2n) is 8.60. The minimum atomic E-state index is -4.56. The van der Waals surface area contributed by atoms with Crippen LogP contribution in [0, 0.1) is 12.8 Å². The highest BCUT2D eigenvalue weighted by molar-refractivity contribution is 6.34. The van der Waals surface area contributed by atoms with Crippen molar-refractivity contribution in [3.05, 3.63) is 74.8 Å². The molecule has 1 unspecified atom stereocenters. The van der Waals surface area contributed by atoms with E-state index in [1.54, 1.807) is 19.1 Å². The van der Waals surface area contributed by atoms with E-state index in [-0.39, 0.29) is 58.4 Å². The van der Waals surface area contributed by atoms with E-state index in [1.807, 2.05) is 0 Å². The number of alkyl halides is 3. The Morgan fingerprint density at radius 1 is 1.06 bits per heavy atom. The van der Waals surface area contributed by atoms with Crippen LogP contribution in [0.15, 0.2) is 42.5 Å². The number of benzene rings is 2. The van der Waals surface area contributed by atoms with E-state index in [1.165, 1.54) is 30.3 Å². The number of nitrogens with one attached hydrogen (secondary N) is 1. The molecular formula is C26H24Cl2F3NO3. The van der Waals surface area contributed by atoms with E-state index in [0.29, 0.717) is 16.7 Å². The molecule has 3 rings (SSSR count). The van der Waals surface area contributed by atoms with Gasteiger partial charge in [-0.15, -0.1) is 0 Å². The van der Waals surface area contributed by atoms with Crippen LogP contribution in [0.5, 0.6) is 0 Å². The summed E-state index contributed by atoms with van der Waals surface area (Å²) in [6.45, 7) is 1.66. The Bertz CT molecular complexity index is 1140. The molecule has 35 heavy (non-hydrogen) atoms. The lowest BCUT2D eigenvalue weighted by molar-refractivity contribution is -0.139. The molecule has 1 N–H and O–H groups in total. The minimum Gasteiger partial charge on any atom is -0.349 e. The number of carbonyl (C=O) groups is 3. The zero-order valence-corrected chi connectivity index (χ0v) is 20.4. The lowest BCUT2D eigenvalue weighted by Crippen LogP contribution is -2.30. The van der Waals surface area contributed by atoms with Crippen molar-refractivity contribution in [2.75, 3.05) is 6.54 Å². The molecule has 0 aliphatic heterocycles. The number of halogens is 5. The van der Waals surface area contributed by atoms with E-state index >= 15 is 0 Å². The molecule has 0 heterocycles. The average Bonchev–Trinajstić information content (AvgIpc) is 3.60. The predicted molar refractivity (Wildman–Crippen MR) is 130 cm³/mol. The SMILES string of the molecule is Cc1cc(/C=C/C(c2cc(Cl)cc(Cl)c2)C(F)(F)F)ccc1C(=O)CCC(=O)NCC(=O)C1CC1.